The molecule has 1 aromatic carbocycles. The molecule has 4 heteroatoms. The molecule has 1 saturated heterocycles. The number of rotatable bonds is 2. The Labute approximate surface area is 87.4 Å². The largest absolute Gasteiger partial charge is 0.479 e. The first-order valence-corrected chi connectivity index (χ1v) is 4.78. The predicted molar refractivity (Wildman–Crippen MR) is 52.5 cm³/mol. The van der Waals surface area contributed by atoms with Gasteiger partial charge in [0.25, 0.3) is 0 Å². The van der Waals surface area contributed by atoms with Gasteiger partial charge < -0.3 is 14.6 Å². The maximum absolute atomic E-state index is 10.6. The number of ether oxygens (including phenoxy) is 2. The van der Waals surface area contributed by atoms with E-state index in [1.54, 1.807) is 0 Å². The van der Waals surface area contributed by atoms with Crippen LogP contribution >= 0.6 is 0 Å². The second kappa shape index (κ2) is 4.42. The molecular formula is C11H12O4. The van der Waals surface area contributed by atoms with Crippen LogP contribution in [0.15, 0.2) is 30.3 Å². The molecule has 1 fully saturated rings. The van der Waals surface area contributed by atoms with Crippen molar-refractivity contribution in [2.24, 2.45) is 0 Å². The molecule has 0 spiro atoms. The second-order valence-electron chi connectivity index (χ2n) is 3.39. The Morgan fingerprint density at radius 1 is 1.20 bits per heavy atom. The van der Waals surface area contributed by atoms with E-state index in [-0.39, 0.29) is 12.7 Å². The third-order valence-electron chi connectivity index (χ3n) is 2.34. The Hall–Kier alpha value is -1.39. The molecule has 1 N–H and O–H groups in total. The number of carbonyl (C=O) groups is 1. The average Bonchev–Trinajstić information content (AvgIpc) is 2.30. The smallest absolute Gasteiger partial charge is 0.335 e. The number of hydrogen-bond acceptors (Lipinski definition) is 3. The topological polar surface area (TPSA) is 55.8 Å². The van der Waals surface area contributed by atoms with Gasteiger partial charge in [0, 0.05) is 0 Å². The van der Waals surface area contributed by atoms with Crippen molar-refractivity contribution in [2.45, 2.75) is 12.2 Å². The molecule has 0 saturated carbocycles. The van der Waals surface area contributed by atoms with E-state index in [1.165, 1.54) is 0 Å². The first-order valence-electron chi connectivity index (χ1n) is 4.78. The summed E-state index contributed by atoms with van der Waals surface area (Å²) in [6, 6.07) is 9.64. The minimum atomic E-state index is -0.971. The van der Waals surface area contributed by atoms with E-state index >= 15 is 0 Å². The Morgan fingerprint density at radius 3 is 2.47 bits per heavy atom. The van der Waals surface area contributed by atoms with Crippen molar-refractivity contribution in [1.82, 2.24) is 0 Å². The molecule has 15 heavy (non-hydrogen) atoms. The van der Waals surface area contributed by atoms with Crippen molar-refractivity contribution in [2.75, 3.05) is 13.2 Å². The molecule has 0 aromatic heterocycles. The van der Waals surface area contributed by atoms with Gasteiger partial charge in [-0.05, 0) is 5.56 Å². The summed E-state index contributed by atoms with van der Waals surface area (Å²) in [5.74, 6) is -0.971. The fourth-order valence-electron chi connectivity index (χ4n) is 1.51. The summed E-state index contributed by atoms with van der Waals surface area (Å²) in [6.45, 7) is 0.399. The molecule has 4 nitrogen and oxygen atoms in total. The normalized spacial score (nSPS) is 26.1. The third-order valence-corrected chi connectivity index (χ3v) is 2.34. The van der Waals surface area contributed by atoms with Gasteiger partial charge in [-0.3, -0.25) is 0 Å². The first kappa shape index (κ1) is 10.1. The van der Waals surface area contributed by atoms with Gasteiger partial charge in [0.15, 0.2) is 6.10 Å². The average molecular weight is 208 g/mol. The molecule has 1 aliphatic heterocycles. The van der Waals surface area contributed by atoms with Crippen LogP contribution in [-0.2, 0) is 14.3 Å². The summed E-state index contributed by atoms with van der Waals surface area (Å²) in [6.07, 6.45) is -0.980. The van der Waals surface area contributed by atoms with Crippen molar-refractivity contribution >= 4 is 5.97 Å². The summed E-state index contributed by atoms with van der Waals surface area (Å²) in [7, 11) is 0. The lowest BCUT2D eigenvalue weighted by molar-refractivity contribution is -0.176. The van der Waals surface area contributed by atoms with Crippen LogP contribution in [0.1, 0.15) is 11.7 Å². The van der Waals surface area contributed by atoms with Crippen LogP contribution in [0, 0.1) is 0 Å². The highest BCUT2D eigenvalue weighted by molar-refractivity contribution is 5.72. The minimum absolute atomic E-state index is 0.106. The molecule has 0 aliphatic carbocycles. The van der Waals surface area contributed by atoms with Crippen LogP contribution in [0.2, 0.25) is 0 Å². The molecule has 1 aromatic rings. The molecule has 80 valence electrons. The van der Waals surface area contributed by atoms with E-state index < -0.39 is 12.1 Å². The first-order chi connectivity index (χ1) is 7.27. The molecule has 2 atom stereocenters. The third kappa shape index (κ3) is 2.34. The van der Waals surface area contributed by atoms with Crippen molar-refractivity contribution in [3.05, 3.63) is 35.9 Å². The fraction of sp³-hybridized carbons (Fsp3) is 0.364. The van der Waals surface area contributed by atoms with Gasteiger partial charge in [0.1, 0.15) is 6.10 Å². The van der Waals surface area contributed by atoms with Crippen LogP contribution in [0.25, 0.3) is 0 Å². The van der Waals surface area contributed by atoms with Gasteiger partial charge in [0.2, 0.25) is 0 Å². The highest BCUT2D eigenvalue weighted by Crippen LogP contribution is 2.22. The van der Waals surface area contributed by atoms with Crippen molar-refractivity contribution < 1.29 is 19.4 Å². The van der Waals surface area contributed by atoms with Gasteiger partial charge >= 0.3 is 5.97 Å². The zero-order valence-electron chi connectivity index (χ0n) is 8.13. The molecule has 0 unspecified atom stereocenters. The predicted octanol–water partition coefficient (Wildman–Crippen LogP) is 1.23. The van der Waals surface area contributed by atoms with Crippen LogP contribution in [0.5, 0.6) is 0 Å². The zero-order valence-corrected chi connectivity index (χ0v) is 8.13. The lowest BCUT2D eigenvalue weighted by Gasteiger charge is -2.27. The summed E-state index contributed by atoms with van der Waals surface area (Å²) < 4.78 is 10.6. The number of carboxylic acids is 1. The maximum atomic E-state index is 10.6. The van der Waals surface area contributed by atoms with Gasteiger partial charge in [0.05, 0.1) is 13.2 Å². The van der Waals surface area contributed by atoms with Crippen molar-refractivity contribution in [1.29, 1.82) is 0 Å². The van der Waals surface area contributed by atoms with E-state index in [4.69, 9.17) is 14.6 Å². The summed E-state index contributed by atoms with van der Waals surface area (Å²) in [5.41, 5.74) is 1.02. The van der Waals surface area contributed by atoms with Gasteiger partial charge in [-0.15, -0.1) is 0 Å². The van der Waals surface area contributed by atoms with Crippen LogP contribution in [0.4, 0.5) is 0 Å². The lowest BCUT2D eigenvalue weighted by Crippen LogP contribution is -2.36. The fourth-order valence-corrected chi connectivity index (χ4v) is 1.51. The monoisotopic (exact) mass is 208 g/mol. The number of carboxylic acid groups (broad SMARTS) is 1. The Balaban J connectivity index is 1.97. The zero-order chi connectivity index (χ0) is 10.7. The van der Waals surface area contributed by atoms with E-state index in [2.05, 4.69) is 0 Å². The Kier molecular flexibility index (Phi) is 2.99. The number of hydrogen-bond donors (Lipinski definition) is 1. The Morgan fingerprint density at radius 2 is 1.93 bits per heavy atom. The summed E-state index contributed by atoms with van der Waals surface area (Å²) in [5, 5.41) is 8.69. The van der Waals surface area contributed by atoms with Crippen LogP contribution < -0.4 is 0 Å². The number of benzene rings is 1. The minimum Gasteiger partial charge on any atom is -0.479 e. The van der Waals surface area contributed by atoms with Gasteiger partial charge in [-0.2, -0.15) is 0 Å². The molecule has 0 bridgehead atoms. The molecular weight excluding hydrogens is 196 g/mol. The molecule has 1 heterocycles. The molecule has 1 aliphatic rings. The van der Waals surface area contributed by atoms with Crippen LogP contribution in [0.3, 0.4) is 0 Å². The number of aliphatic carboxylic acids is 1. The summed E-state index contributed by atoms with van der Waals surface area (Å²) in [4.78, 5) is 10.6. The van der Waals surface area contributed by atoms with Crippen molar-refractivity contribution in [3.8, 4) is 0 Å². The van der Waals surface area contributed by atoms with Crippen molar-refractivity contribution in [3.63, 3.8) is 0 Å². The maximum Gasteiger partial charge on any atom is 0.335 e. The van der Waals surface area contributed by atoms with Gasteiger partial charge in [-0.1, -0.05) is 30.3 Å². The Bertz CT molecular complexity index is 328. The van der Waals surface area contributed by atoms with Crippen LogP contribution in [-0.4, -0.2) is 30.4 Å². The van der Waals surface area contributed by atoms with E-state index in [9.17, 15) is 4.79 Å². The summed E-state index contributed by atoms with van der Waals surface area (Å²) >= 11 is 0. The quantitative estimate of drug-likeness (QED) is 0.794. The molecule has 0 radical (unpaired) electrons. The van der Waals surface area contributed by atoms with E-state index in [1.807, 2.05) is 30.3 Å². The van der Waals surface area contributed by atoms with E-state index in [0.29, 0.717) is 6.61 Å². The SMILES string of the molecule is O=C(O)[C@@H]1CO[C@@H](c2ccccc2)CO1. The highest BCUT2D eigenvalue weighted by atomic mass is 16.6. The lowest BCUT2D eigenvalue weighted by atomic mass is 10.1. The molecule has 0 amide bonds. The van der Waals surface area contributed by atoms with E-state index in [0.717, 1.165) is 5.56 Å². The second-order valence-corrected chi connectivity index (χ2v) is 3.39. The highest BCUT2D eigenvalue weighted by Gasteiger charge is 2.27. The van der Waals surface area contributed by atoms with Gasteiger partial charge in [-0.25, -0.2) is 4.79 Å². The molecule has 2 rings (SSSR count). The standard InChI is InChI=1S/C11H12O4/c12-11(13)10-7-14-9(6-15-10)8-4-2-1-3-5-8/h1-5,9-10H,6-7H2,(H,12,13)/t9-,10+/m1/s1.